The molecule has 1 fully saturated rings. The van der Waals surface area contributed by atoms with Crippen LogP contribution in [-0.4, -0.2) is 37.5 Å². The minimum Gasteiger partial charge on any atom is -0.338 e. The summed E-state index contributed by atoms with van der Waals surface area (Å²) in [5, 5.41) is 3.11. The van der Waals surface area contributed by atoms with Gasteiger partial charge in [0.15, 0.2) is 0 Å². The second-order valence-corrected chi connectivity index (χ2v) is 4.44. The molecule has 2 rings (SSSR count). The molecule has 5 heteroatoms. The zero-order chi connectivity index (χ0) is 12.3. The van der Waals surface area contributed by atoms with Gasteiger partial charge in [0.1, 0.15) is 5.82 Å². The molecule has 1 aliphatic heterocycles. The summed E-state index contributed by atoms with van der Waals surface area (Å²) >= 11 is 0. The molecule has 0 saturated carbocycles. The molecule has 18 heavy (non-hydrogen) atoms. The van der Waals surface area contributed by atoms with Gasteiger partial charge in [0.2, 0.25) is 0 Å². The van der Waals surface area contributed by atoms with Gasteiger partial charge in [0, 0.05) is 13.1 Å². The van der Waals surface area contributed by atoms with Gasteiger partial charge in [-0.25, -0.2) is 4.39 Å². The van der Waals surface area contributed by atoms with Crippen molar-refractivity contribution in [3.63, 3.8) is 0 Å². The maximum absolute atomic E-state index is 13.5. The molecule has 1 heterocycles. The molecule has 0 bridgehead atoms. The predicted molar refractivity (Wildman–Crippen MR) is 71.6 cm³/mol. The Morgan fingerprint density at radius 2 is 2.22 bits per heavy atom. The molecule has 0 aliphatic carbocycles. The molecule has 1 aromatic rings. The molecule has 0 radical (unpaired) electrons. The van der Waals surface area contributed by atoms with Crippen molar-refractivity contribution in [2.75, 3.05) is 26.7 Å². The highest BCUT2D eigenvalue weighted by atomic mass is 35.5. The summed E-state index contributed by atoms with van der Waals surface area (Å²) in [4.78, 5) is 13.8. The molecule has 0 aromatic heterocycles. The molecule has 100 valence electrons. The van der Waals surface area contributed by atoms with Crippen molar-refractivity contribution in [1.29, 1.82) is 0 Å². The zero-order valence-electron chi connectivity index (χ0n) is 10.4. The highest BCUT2D eigenvalue weighted by molar-refractivity contribution is 5.94. The Bertz CT molecular complexity index is 414. The first-order valence-corrected chi connectivity index (χ1v) is 5.90. The number of hydrogen-bond acceptors (Lipinski definition) is 2. The van der Waals surface area contributed by atoms with Gasteiger partial charge in [-0.2, -0.15) is 0 Å². The summed E-state index contributed by atoms with van der Waals surface area (Å²) in [7, 11) is 1.90. The van der Waals surface area contributed by atoms with Crippen LogP contribution in [-0.2, 0) is 0 Å². The number of nitrogens with zero attached hydrogens (tertiary/aromatic N) is 1. The molecule has 1 N–H and O–H groups in total. The van der Waals surface area contributed by atoms with Crippen LogP contribution in [0.3, 0.4) is 0 Å². The van der Waals surface area contributed by atoms with E-state index in [0.717, 1.165) is 19.5 Å². The Kier molecular flexibility index (Phi) is 5.56. The Morgan fingerprint density at radius 1 is 1.50 bits per heavy atom. The normalized spacial score (nSPS) is 18.6. The number of likely N-dealkylation sites (tertiary alicyclic amines) is 1. The van der Waals surface area contributed by atoms with E-state index < -0.39 is 5.82 Å². The number of carbonyl (C=O) groups excluding carboxylic acids is 1. The van der Waals surface area contributed by atoms with E-state index >= 15 is 0 Å². The maximum Gasteiger partial charge on any atom is 0.256 e. The fourth-order valence-corrected chi connectivity index (χ4v) is 2.28. The van der Waals surface area contributed by atoms with Crippen molar-refractivity contribution in [2.45, 2.75) is 6.42 Å². The Morgan fingerprint density at radius 3 is 2.89 bits per heavy atom. The van der Waals surface area contributed by atoms with E-state index in [1.807, 2.05) is 7.05 Å². The van der Waals surface area contributed by atoms with Crippen molar-refractivity contribution < 1.29 is 9.18 Å². The average Bonchev–Trinajstić information content (AvgIpc) is 2.78. The van der Waals surface area contributed by atoms with E-state index in [-0.39, 0.29) is 23.9 Å². The first-order valence-electron chi connectivity index (χ1n) is 5.90. The minimum atomic E-state index is -0.436. The van der Waals surface area contributed by atoms with Crippen LogP contribution in [0.5, 0.6) is 0 Å². The smallest absolute Gasteiger partial charge is 0.256 e. The second-order valence-electron chi connectivity index (χ2n) is 4.44. The van der Waals surface area contributed by atoms with Gasteiger partial charge in [0.05, 0.1) is 5.56 Å². The fourth-order valence-electron chi connectivity index (χ4n) is 2.28. The topological polar surface area (TPSA) is 32.3 Å². The molecule has 1 saturated heterocycles. The molecular formula is C13H18ClFN2O. The van der Waals surface area contributed by atoms with Gasteiger partial charge in [0.25, 0.3) is 5.91 Å². The molecule has 1 unspecified atom stereocenters. The largest absolute Gasteiger partial charge is 0.338 e. The molecule has 1 aromatic carbocycles. The Hall–Kier alpha value is -1.13. The van der Waals surface area contributed by atoms with Gasteiger partial charge in [-0.3, -0.25) is 4.79 Å². The molecular weight excluding hydrogens is 255 g/mol. The van der Waals surface area contributed by atoms with E-state index in [2.05, 4.69) is 5.32 Å². The van der Waals surface area contributed by atoms with Gasteiger partial charge in [-0.05, 0) is 38.1 Å². The third kappa shape index (κ3) is 3.21. The number of nitrogens with one attached hydrogen (secondary N) is 1. The fraction of sp³-hybridized carbons (Fsp3) is 0.462. The van der Waals surface area contributed by atoms with E-state index in [1.165, 1.54) is 6.07 Å². The first-order chi connectivity index (χ1) is 8.22. The Labute approximate surface area is 113 Å². The monoisotopic (exact) mass is 272 g/mol. The lowest BCUT2D eigenvalue weighted by atomic mass is 10.1. The SMILES string of the molecule is CNCC1CCN(C(=O)c2ccccc2F)C1.Cl. The van der Waals surface area contributed by atoms with Gasteiger partial charge >= 0.3 is 0 Å². The molecule has 1 atom stereocenters. The summed E-state index contributed by atoms with van der Waals surface area (Å²) in [5.41, 5.74) is 0.178. The van der Waals surface area contributed by atoms with Crippen molar-refractivity contribution in [2.24, 2.45) is 5.92 Å². The number of hydrogen-bond donors (Lipinski definition) is 1. The van der Waals surface area contributed by atoms with Gasteiger partial charge < -0.3 is 10.2 Å². The highest BCUT2D eigenvalue weighted by Crippen LogP contribution is 2.19. The van der Waals surface area contributed by atoms with Crippen molar-refractivity contribution in [3.05, 3.63) is 35.6 Å². The van der Waals surface area contributed by atoms with E-state index in [0.29, 0.717) is 12.5 Å². The summed E-state index contributed by atoms with van der Waals surface area (Å²) in [6, 6.07) is 6.16. The summed E-state index contributed by atoms with van der Waals surface area (Å²) < 4.78 is 13.5. The number of carbonyl (C=O) groups is 1. The third-order valence-electron chi connectivity index (χ3n) is 3.17. The second kappa shape index (κ2) is 6.71. The number of amides is 1. The van der Waals surface area contributed by atoms with Crippen molar-refractivity contribution >= 4 is 18.3 Å². The van der Waals surface area contributed by atoms with Gasteiger partial charge in [-0.1, -0.05) is 12.1 Å². The number of halogens is 2. The molecule has 1 aliphatic rings. The van der Waals surface area contributed by atoms with Crippen LogP contribution in [0.25, 0.3) is 0 Å². The van der Waals surface area contributed by atoms with Crippen LogP contribution >= 0.6 is 12.4 Å². The lowest BCUT2D eigenvalue weighted by Gasteiger charge is -2.16. The standard InChI is InChI=1S/C13H17FN2O.ClH/c1-15-8-10-6-7-16(9-10)13(17)11-4-2-3-5-12(11)14;/h2-5,10,15H,6-9H2,1H3;1H. The van der Waals surface area contributed by atoms with Crippen molar-refractivity contribution in [1.82, 2.24) is 10.2 Å². The third-order valence-corrected chi connectivity index (χ3v) is 3.17. The molecule has 0 spiro atoms. The van der Waals surface area contributed by atoms with E-state index in [1.54, 1.807) is 23.1 Å². The molecule has 1 amide bonds. The van der Waals surface area contributed by atoms with Crippen LogP contribution in [0.2, 0.25) is 0 Å². The Balaban J connectivity index is 0.00000162. The van der Waals surface area contributed by atoms with Crippen LogP contribution < -0.4 is 5.32 Å². The predicted octanol–water partition coefficient (Wildman–Crippen LogP) is 1.93. The van der Waals surface area contributed by atoms with Crippen LogP contribution in [0.1, 0.15) is 16.8 Å². The zero-order valence-corrected chi connectivity index (χ0v) is 11.2. The number of rotatable bonds is 3. The average molecular weight is 273 g/mol. The summed E-state index contributed by atoms with van der Waals surface area (Å²) in [5.74, 6) is -0.146. The summed E-state index contributed by atoms with van der Waals surface area (Å²) in [6.07, 6.45) is 0.987. The van der Waals surface area contributed by atoms with E-state index in [4.69, 9.17) is 0 Å². The van der Waals surface area contributed by atoms with Crippen LogP contribution in [0.15, 0.2) is 24.3 Å². The first kappa shape index (κ1) is 14.9. The van der Waals surface area contributed by atoms with Crippen LogP contribution in [0.4, 0.5) is 4.39 Å². The summed E-state index contributed by atoms with van der Waals surface area (Å²) in [6.45, 7) is 2.34. The quantitative estimate of drug-likeness (QED) is 0.912. The lowest BCUT2D eigenvalue weighted by Crippen LogP contribution is -2.30. The highest BCUT2D eigenvalue weighted by Gasteiger charge is 2.27. The molecule has 3 nitrogen and oxygen atoms in total. The van der Waals surface area contributed by atoms with Gasteiger partial charge in [-0.15, -0.1) is 12.4 Å². The van der Waals surface area contributed by atoms with E-state index in [9.17, 15) is 9.18 Å². The number of benzene rings is 1. The van der Waals surface area contributed by atoms with Crippen molar-refractivity contribution in [3.8, 4) is 0 Å². The lowest BCUT2D eigenvalue weighted by molar-refractivity contribution is 0.0782. The maximum atomic E-state index is 13.5. The minimum absolute atomic E-state index is 0. The van der Waals surface area contributed by atoms with Crippen LogP contribution in [0, 0.1) is 11.7 Å².